The first-order chi connectivity index (χ1) is 23.8. The molecule has 272 valence electrons. The molecule has 6 nitrogen and oxygen atoms in total. The van der Waals surface area contributed by atoms with Crippen LogP contribution >= 0.6 is 11.6 Å². The van der Waals surface area contributed by atoms with Crippen molar-refractivity contribution in [3.05, 3.63) is 98.4 Å². The van der Waals surface area contributed by atoms with Gasteiger partial charge in [0.1, 0.15) is 12.0 Å². The summed E-state index contributed by atoms with van der Waals surface area (Å²) >= 11 is 5.79. The van der Waals surface area contributed by atoms with E-state index < -0.39 is 5.79 Å². The first-order valence-corrected chi connectivity index (χ1v) is 18.3. The van der Waals surface area contributed by atoms with Gasteiger partial charge in [-0.1, -0.05) is 81.3 Å². The van der Waals surface area contributed by atoms with Crippen LogP contribution < -0.4 is 10.6 Å². The summed E-state index contributed by atoms with van der Waals surface area (Å²) in [6, 6.07) is 15.0. The van der Waals surface area contributed by atoms with Crippen molar-refractivity contribution < 1.29 is 23.8 Å². The highest BCUT2D eigenvalue weighted by atomic mass is 35.5. The molecule has 1 aliphatic carbocycles. The molecule has 0 radical (unpaired) electrons. The molecular formula is C42H56ClFN2O4. The number of Topliss-reactive ketones (excluding diaryl/α,β-unsaturated/α-hetero) is 1. The Morgan fingerprint density at radius 1 is 1.16 bits per heavy atom. The molecule has 1 N–H and O–H groups in total. The molecule has 1 saturated carbocycles. The van der Waals surface area contributed by atoms with Crippen LogP contribution in [-0.4, -0.2) is 40.7 Å². The number of hydrogen-bond donors (Lipinski definition) is 1. The predicted octanol–water partition coefficient (Wildman–Crippen LogP) is 9.77. The van der Waals surface area contributed by atoms with Crippen LogP contribution in [0.2, 0.25) is 5.02 Å². The van der Waals surface area contributed by atoms with Crippen LogP contribution in [0.3, 0.4) is 0 Å². The van der Waals surface area contributed by atoms with E-state index in [1.807, 2.05) is 48.9 Å². The lowest BCUT2D eigenvalue weighted by molar-refractivity contribution is -0.155. The number of carbonyl (C=O) groups excluding carboxylic acids is 1. The van der Waals surface area contributed by atoms with Gasteiger partial charge in [-0.15, -0.1) is 0 Å². The number of rotatable bonds is 11. The van der Waals surface area contributed by atoms with E-state index in [9.17, 15) is 9.18 Å². The van der Waals surface area contributed by atoms with Gasteiger partial charge in [-0.3, -0.25) is 9.79 Å². The van der Waals surface area contributed by atoms with Crippen molar-refractivity contribution in [1.29, 1.82) is 0 Å². The average molecular weight is 707 g/mol. The van der Waals surface area contributed by atoms with Gasteiger partial charge in [0.15, 0.2) is 11.6 Å². The van der Waals surface area contributed by atoms with E-state index in [2.05, 4.69) is 54.6 Å². The largest absolute Gasteiger partial charge is 0.366 e. The summed E-state index contributed by atoms with van der Waals surface area (Å²) in [4.78, 5) is 16.4. The first-order valence-electron chi connectivity index (χ1n) is 17.9. The molecule has 3 aromatic rings. The highest BCUT2D eigenvalue weighted by Gasteiger charge is 2.31. The average Bonchev–Trinajstić information content (AvgIpc) is 3.70. The van der Waals surface area contributed by atoms with Crippen molar-refractivity contribution >= 4 is 42.0 Å². The number of aromatic nitrogens is 1. The molecule has 50 heavy (non-hydrogen) atoms. The molecule has 2 heterocycles. The summed E-state index contributed by atoms with van der Waals surface area (Å²) in [7, 11) is 1.46. The summed E-state index contributed by atoms with van der Waals surface area (Å²) < 4.78 is 26.6. The Morgan fingerprint density at radius 3 is 2.42 bits per heavy atom. The van der Waals surface area contributed by atoms with Gasteiger partial charge >= 0.3 is 0 Å². The second-order valence-electron chi connectivity index (χ2n) is 13.5. The van der Waals surface area contributed by atoms with E-state index in [1.54, 1.807) is 19.9 Å². The van der Waals surface area contributed by atoms with Crippen LogP contribution in [0, 0.1) is 5.82 Å². The summed E-state index contributed by atoms with van der Waals surface area (Å²) in [6.45, 7) is 15.7. The van der Waals surface area contributed by atoms with E-state index in [0.717, 1.165) is 59.4 Å². The number of ether oxygens (including phenoxy) is 2. The number of halogens is 2. The van der Waals surface area contributed by atoms with Crippen LogP contribution in [0.15, 0.2) is 65.3 Å². The SMILES string of the molecule is C=c1/c(=C\N=CCCC)ccn1C1CCC(C(C)c2ccc(Cl)c(F)c2)O1.CCCC(=O)c1ccccc1C(C)=C1CCC1.COC(C)(C)O. The zero-order chi connectivity index (χ0) is 36.8. The summed E-state index contributed by atoms with van der Waals surface area (Å²) in [5.41, 5.74) is 5.83. The number of aliphatic imine (C=N–C) groups is 1. The molecule has 3 unspecified atom stereocenters. The molecule has 8 heteroatoms. The molecule has 2 aromatic carbocycles. The second-order valence-corrected chi connectivity index (χ2v) is 13.9. The normalized spacial score (nSPS) is 18.2. The van der Waals surface area contributed by atoms with Crippen LogP contribution in [0.1, 0.15) is 133 Å². The third-order valence-electron chi connectivity index (χ3n) is 9.26. The Hall–Kier alpha value is -3.36. The first kappa shape index (κ1) is 41.1. The van der Waals surface area contributed by atoms with Crippen molar-refractivity contribution in [1.82, 2.24) is 4.57 Å². The molecule has 0 amide bonds. The Labute approximate surface area is 303 Å². The number of hydrogen-bond acceptors (Lipinski definition) is 5. The van der Waals surface area contributed by atoms with Gasteiger partial charge in [0, 0.05) is 54.2 Å². The summed E-state index contributed by atoms with van der Waals surface area (Å²) in [6.07, 6.45) is 14.9. The monoisotopic (exact) mass is 706 g/mol. The van der Waals surface area contributed by atoms with Gasteiger partial charge < -0.3 is 19.1 Å². The fourth-order valence-electron chi connectivity index (χ4n) is 5.78. The third-order valence-corrected chi connectivity index (χ3v) is 9.57. The number of carbonyl (C=O) groups is 1. The fraction of sp³-hybridized carbons (Fsp3) is 0.476. The zero-order valence-corrected chi connectivity index (χ0v) is 31.7. The Kier molecular flexibility index (Phi) is 16.3. The van der Waals surface area contributed by atoms with Crippen molar-refractivity contribution in [3.8, 4) is 0 Å². The highest BCUT2D eigenvalue weighted by Crippen LogP contribution is 2.37. The lowest BCUT2D eigenvalue weighted by atomic mass is 9.84. The van der Waals surface area contributed by atoms with Gasteiger partial charge in [-0.05, 0) is 101 Å². The van der Waals surface area contributed by atoms with Crippen LogP contribution in [0.25, 0.3) is 18.4 Å². The fourth-order valence-corrected chi connectivity index (χ4v) is 5.90. The smallest absolute Gasteiger partial charge is 0.163 e. The molecule has 5 rings (SSSR count). The summed E-state index contributed by atoms with van der Waals surface area (Å²) in [5.74, 6) is -0.970. The molecule has 0 spiro atoms. The van der Waals surface area contributed by atoms with Crippen LogP contribution in [-0.2, 0) is 9.47 Å². The van der Waals surface area contributed by atoms with E-state index >= 15 is 0 Å². The van der Waals surface area contributed by atoms with Crippen LogP contribution in [0.4, 0.5) is 4.39 Å². The van der Waals surface area contributed by atoms with Crippen molar-refractivity contribution in [2.45, 2.75) is 123 Å². The number of allylic oxidation sites excluding steroid dienone is 2. The summed E-state index contributed by atoms with van der Waals surface area (Å²) in [5, 5.41) is 10.7. The number of nitrogens with zero attached hydrogens (tertiary/aromatic N) is 2. The maximum atomic E-state index is 13.8. The van der Waals surface area contributed by atoms with Crippen molar-refractivity contribution in [3.63, 3.8) is 0 Å². The molecule has 2 fully saturated rings. The Balaban J connectivity index is 0.000000250. The highest BCUT2D eigenvalue weighted by molar-refractivity contribution is 6.30. The lowest BCUT2D eigenvalue weighted by Crippen LogP contribution is -2.30. The Morgan fingerprint density at radius 2 is 1.84 bits per heavy atom. The maximum Gasteiger partial charge on any atom is 0.163 e. The minimum absolute atomic E-state index is 0.0346. The molecule has 0 bridgehead atoms. The van der Waals surface area contributed by atoms with E-state index in [-0.39, 0.29) is 34.9 Å². The van der Waals surface area contributed by atoms with Crippen molar-refractivity contribution in [2.24, 2.45) is 4.99 Å². The lowest BCUT2D eigenvalue weighted by Gasteiger charge is -2.21. The van der Waals surface area contributed by atoms with Gasteiger partial charge in [0.2, 0.25) is 0 Å². The molecule has 3 atom stereocenters. The van der Waals surface area contributed by atoms with E-state index in [1.165, 1.54) is 43.6 Å². The second kappa shape index (κ2) is 19.9. The predicted molar refractivity (Wildman–Crippen MR) is 205 cm³/mol. The molecule has 1 aliphatic heterocycles. The minimum atomic E-state index is -0.958. The zero-order valence-electron chi connectivity index (χ0n) is 31.0. The van der Waals surface area contributed by atoms with Crippen molar-refractivity contribution in [2.75, 3.05) is 7.11 Å². The molecule has 1 aromatic heterocycles. The molecule has 1 saturated heterocycles. The van der Waals surface area contributed by atoms with Gasteiger partial charge in [0.25, 0.3) is 0 Å². The minimum Gasteiger partial charge on any atom is -0.366 e. The standard InChI is InChI=1S/C22H26ClFN2O.C16H20O.C4H10O2/c1-4-5-11-25-14-18-10-12-26(16(18)3)22-9-8-21(27-22)15(2)17-6-7-19(23)20(24)13-17;1-3-7-16(17)15-11-5-4-10-14(15)12(2)13-8-6-9-13;1-4(2,5)6-3/h6-7,10-15,21-22H,3-5,8-9H2,1-2H3;4-5,10-11H,3,6-9H2,1-2H3;5H,1-3H3/b18-14-,25-11?;;. The van der Waals surface area contributed by atoms with Gasteiger partial charge in [-0.25, -0.2) is 4.39 Å². The maximum absolute atomic E-state index is 13.8. The molecular weight excluding hydrogens is 651 g/mol. The van der Waals surface area contributed by atoms with E-state index in [0.29, 0.717) is 6.42 Å². The number of ketones is 1. The quantitative estimate of drug-likeness (QED) is 0.122. The number of methoxy groups -OCH3 is 1. The Bertz CT molecular complexity index is 1720. The van der Waals surface area contributed by atoms with E-state index in [4.69, 9.17) is 21.4 Å². The molecule has 2 aliphatic rings. The van der Waals surface area contributed by atoms with Gasteiger partial charge in [0.05, 0.1) is 11.1 Å². The number of unbranched alkanes of at least 4 members (excludes halogenated alkanes) is 1. The van der Waals surface area contributed by atoms with Crippen LogP contribution in [0.5, 0.6) is 0 Å². The topological polar surface area (TPSA) is 73.1 Å². The third kappa shape index (κ3) is 11.9. The number of benzene rings is 2. The van der Waals surface area contributed by atoms with Gasteiger partial charge in [-0.2, -0.15) is 0 Å². The number of aliphatic hydroxyl groups is 1.